The van der Waals surface area contributed by atoms with E-state index in [-0.39, 0.29) is 36.3 Å². The van der Waals surface area contributed by atoms with E-state index in [1.54, 1.807) is 7.11 Å². The second kappa shape index (κ2) is 53.6. The van der Waals surface area contributed by atoms with E-state index in [2.05, 4.69) is 142 Å². The van der Waals surface area contributed by atoms with E-state index in [1.165, 1.54) is 6.04 Å². The monoisotopic (exact) mass is 1270 g/mol. The smallest absolute Gasteiger partial charge is 0.407 e. The van der Waals surface area contributed by atoms with Crippen molar-refractivity contribution in [3.05, 3.63) is 0 Å². The van der Waals surface area contributed by atoms with E-state index in [0.29, 0.717) is 59.0 Å². The second-order valence-corrected chi connectivity index (χ2v) is 40.1. The van der Waals surface area contributed by atoms with Crippen molar-refractivity contribution >= 4 is 49.1 Å². The highest BCUT2D eigenvalue weighted by atomic mass is 28.4. The van der Waals surface area contributed by atoms with Crippen molar-refractivity contribution in [3.8, 4) is 0 Å². The van der Waals surface area contributed by atoms with E-state index in [4.69, 9.17) is 37.0 Å². The van der Waals surface area contributed by atoms with Gasteiger partial charge in [-0.3, -0.25) is 19.4 Å². The molecule has 0 aromatic rings. The molecule has 0 aliphatic carbocycles. The van der Waals surface area contributed by atoms with E-state index >= 15 is 0 Å². The summed E-state index contributed by atoms with van der Waals surface area (Å²) in [6.07, 6.45) is 15.8. The molecule has 2 atom stereocenters. The molecule has 23 heteroatoms. The number of esters is 2. The molecule has 0 aromatic carbocycles. The first-order valence-electron chi connectivity index (χ1n) is 32.7. The highest BCUT2D eigenvalue weighted by molar-refractivity contribution is 6.82. The van der Waals surface area contributed by atoms with Crippen LogP contribution in [-0.4, -0.2) is 272 Å². The average Bonchev–Trinajstić information content (AvgIpc) is 3.56. The SMILES string of the molecule is CC(CN(CCCN(C)C)CCCN(C)C)OC(=O)NCCCCCCCC(=O)OCCOCCC[Si](C)(C)C.CO[Si](C)(C)O[Si](C)(C)CCCOCCOC(=O)CCCCCCCNC(=O)OC(C)CN(CCCN(C)C)CCCN(C)C. The number of carbonyl (C=O) groups is 4. The van der Waals surface area contributed by atoms with Crippen LogP contribution in [0.3, 0.4) is 0 Å². The van der Waals surface area contributed by atoms with Gasteiger partial charge in [0.1, 0.15) is 25.4 Å². The van der Waals surface area contributed by atoms with E-state index in [1.807, 2.05) is 13.8 Å². The summed E-state index contributed by atoms with van der Waals surface area (Å²) in [6.45, 7) is 33.5. The van der Waals surface area contributed by atoms with Gasteiger partial charge in [0.05, 0.1) is 13.2 Å². The lowest BCUT2D eigenvalue weighted by Crippen LogP contribution is -2.45. The minimum Gasteiger partial charge on any atom is -0.463 e. The van der Waals surface area contributed by atoms with Crippen LogP contribution in [0.1, 0.15) is 129 Å². The molecule has 0 aliphatic heterocycles. The molecule has 0 rings (SSSR count). The lowest BCUT2D eigenvalue weighted by Gasteiger charge is -2.32. The van der Waals surface area contributed by atoms with Gasteiger partial charge in [-0.1, -0.05) is 64.2 Å². The Morgan fingerprint density at radius 1 is 0.412 bits per heavy atom. The molecule has 2 unspecified atom stereocenters. The molecule has 0 bridgehead atoms. The van der Waals surface area contributed by atoms with Crippen LogP contribution in [0, 0.1) is 0 Å². The normalized spacial score (nSPS) is 12.9. The summed E-state index contributed by atoms with van der Waals surface area (Å²) in [5, 5.41) is 5.77. The standard InChI is InChI=1S/C32H70N4O7Si2.C30H64N4O5Si/c1-30(29-36(23-16-21-34(2)3)24-17-22-35(4)5)42-32(38)33-20-15-13-11-12-14-19-31(37)41-27-26-40-25-18-28-44(7,8)43-45(9,10)39-6;1-28(27-34(21-14-19-32(2)3)22-15-20-33(4)5)39-30(36)31-18-13-11-9-10-12-17-29(35)38-25-24-37-23-16-26-40(6,7)8/h30H,11-29H2,1-10H3,(H,33,38);28H,9-27H2,1-8H3,(H,31,36). The van der Waals surface area contributed by atoms with Crippen LogP contribution in [0.2, 0.25) is 57.9 Å². The van der Waals surface area contributed by atoms with Gasteiger partial charge in [-0.15, -0.1) is 0 Å². The molecule has 0 aliphatic rings. The second-order valence-electron chi connectivity index (χ2n) is 26.4. The van der Waals surface area contributed by atoms with Crippen molar-refractivity contribution < 1.29 is 56.1 Å². The molecule has 0 aromatic heterocycles. The summed E-state index contributed by atoms with van der Waals surface area (Å²) in [7, 11) is 13.7. The third-order valence-electron chi connectivity index (χ3n) is 13.9. The Balaban J connectivity index is 0. The van der Waals surface area contributed by atoms with Crippen LogP contribution in [0.4, 0.5) is 9.59 Å². The zero-order valence-corrected chi connectivity index (χ0v) is 61.1. The highest BCUT2D eigenvalue weighted by Gasteiger charge is 2.33. The molecule has 20 nitrogen and oxygen atoms in total. The molecular formula is C62H134N8O12Si3. The zero-order valence-electron chi connectivity index (χ0n) is 58.1. The highest BCUT2D eigenvalue weighted by Crippen LogP contribution is 2.20. The van der Waals surface area contributed by atoms with Gasteiger partial charge in [0, 0.05) is 67.4 Å². The maximum Gasteiger partial charge on any atom is 0.407 e. The molecule has 85 heavy (non-hydrogen) atoms. The maximum atomic E-state index is 12.3. The van der Waals surface area contributed by atoms with Crippen LogP contribution >= 0.6 is 0 Å². The summed E-state index contributed by atoms with van der Waals surface area (Å²) in [5.74, 6) is -0.307. The van der Waals surface area contributed by atoms with Crippen molar-refractivity contribution in [1.29, 1.82) is 0 Å². The topological polar surface area (TPSA) is 186 Å². The molecule has 0 saturated heterocycles. The van der Waals surface area contributed by atoms with Gasteiger partial charge in [0.25, 0.3) is 0 Å². The number of alkyl carbamates (subject to hydrolysis) is 2. The molecule has 0 fully saturated rings. The van der Waals surface area contributed by atoms with Crippen LogP contribution in [0.5, 0.6) is 0 Å². The fraction of sp³-hybridized carbons (Fsp3) is 0.935. The number of unbranched alkanes of at least 4 members (excludes halogenated alkanes) is 8. The van der Waals surface area contributed by atoms with Crippen LogP contribution in [-0.2, 0) is 46.6 Å². The average molecular weight is 1270 g/mol. The number of carbonyl (C=O) groups excluding carboxylic acids is 4. The first kappa shape index (κ1) is 84.8. The van der Waals surface area contributed by atoms with Crippen molar-refractivity contribution in [2.75, 3.05) is 182 Å². The molecule has 0 radical (unpaired) electrons. The molecule has 0 saturated carbocycles. The summed E-state index contributed by atoms with van der Waals surface area (Å²) in [6, 6.07) is 2.28. The molecule has 0 spiro atoms. The molecule has 0 heterocycles. The van der Waals surface area contributed by atoms with Crippen LogP contribution < -0.4 is 10.6 Å². The molecule has 506 valence electrons. The molecule has 2 N–H and O–H groups in total. The van der Waals surface area contributed by atoms with Gasteiger partial charge in [0.2, 0.25) is 0 Å². The number of nitrogens with zero attached hydrogens (tertiary/aromatic N) is 6. The van der Waals surface area contributed by atoms with E-state index in [9.17, 15) is 19.2 Å². The Bertz CT molecular complexity index is 1590. The lowest BCUT2D eigenvalue weighted by molar-refractivity contribution is -0.146. The summed E-state index contributed by atoms with van der Waals surface area (Å²) in [4.78, 5) is 61.9. The van der Waals surface area contributed by atoms with Crippen molar-refractivity contribution in [2.24, 2.45) is 0 Å². The number of amides is 2. The Kier molecular flexibility index (Phi) is 53.4. The largest absolute Gasteiger partial charge is 0.463 e. The fourth-order valence-corrected chi connectivity index (χ4v) is 17.6. The van der Waals surface area contributed by atoms with Gasteiger partial charge >= 0.3 is 32.7 Å². The van der Waals surface area contributed by atoms with Crippen molar-refractivity contribution in [2.45, 2.75) is 200 Å². The van der Waals surface area contributed by atoms with Gasteiger partial charge in [-0.2, -0.15) is 0 Å². The third kappa shape index (κ3) is 63.1. The van der Waals surface area contributed by atoms with Crippen LogP contribution in [0.15, 0.2) is 0 Å². The quantitative estimate of drug-likeness (QED) is 0.0253. The van der Waals surface area contributed by atoms with Crippen LogP contribution in [0.25, 0.3) is 0 Å². The van der Waals surface area contributed by atoms with E-state index in [0.717, 1.165) is 181 Å². The summed E-state index contributed by atoms with van der Waals surface area (Å²) >= 11 is 0. The predicted molar refractivity (Wildman–Crippen MR) is 358 cm³/mol. The minimum atomic E-state index is -2.01. The zero-order chi connectivity index (χ0) is 64.4. The Hall–Kier alpha value is -2.27. The van der Waals surface area contributed by atoms with Gasteiger partial charge in [-0.05, 0) is 219 Å². The van der Waals surface area contributed by atoms with Gasteiger partial charge in [-0.25, -0.2) is 9.59 Å². The Morgan fingerprint density at radius 3 is 1.09 bits per heavy atom. The number of hydrogen-bond acceptors (Lipinski definition) is 18. The number of hydrogen-bond donors (Lipinski definition) is 2. The first-order chi connectivity index (χ1) is 40.0. The number of ether oxygens (including phenoxy) is 6. The minimum absolute atomic E-state index is 0.141. The number of rotatable bonds is 55. The Morgan fingerprint density at radius 2 is 0.753 bits per heavy atom. The fourth-order valence-electron chi connectivity index (χ4n) is 9.35. The molecule has 2 amide bonds. The summed E-state index contributed by atoms with van der Waals surface area (Å²) in [5.41, 5.74) is 0. The van der Waals surface area contributed by atoms with Crippen molar-refractivity contribution in [3.63, 3.8) is 0 Å². The van der Waals surface area contributed by atoms with Crippen molar-refractivity contribution in [1.82, 2.24) is 40.0 Å². The van der Waals surface area contributed by atoms with E-state index < -0.39 is 25.0 Å². The third-order valence-corrected chi connectivity index (χ3v) is 22.5. The predicted octanol–water partition coefficient (Wildman–Crippen LogP) is 10.1. The first-order valence-corrected chi connectivity index (χ1v) is 42.3. The van der Waals surface area contributed by atoms with Gasteiger partial charge < -0.3 is 67.2 Å². The summed E-state index contributed by atoms with van der Waals surface area (Å²) < 4.78 is 44.8. The molecular weight excluding hydrogens is 1130 g/mol. The lowest BCUT2D eigenvalue weighted by atomic mass is 10.1. The Labute approximate surface area is 524 Å². The van der Waals surface area contributed by atoms with Gasteiger partial charge in [0.15, 0.2) is 8.32 Å². The maximum absolute atomic E-state index is 12.3. The number of nitrogens with one attached hydrogen (secondary N) is 2.